The molecule has 1 rings (SSSR count). The third kappa shape index (κ3) is 3.13. The normalized spacial score (nSPS) is 12.6. The highest BCUT2D eigenvalue weighted by Gasteiger charge is 2.10. The molecule has 1 atom stereocenters. The minimum Gasteiger partial charge on any atom is -0.495 e. The van der Waals surface area contributed by atoms with Gasteiger partial charge < -0.3 is 10.5 Å². The predicted octanol–water partition coefficient (Wildman–Crippen LogP) is 3.18. The van der Waals surface area contributed by atoms with Gasteiger partial charge in [0.1, 0.15) is 5.75 Å². The Bertz CT molecular complexity index is 348. The molecule has 3 heteroatoms. The molecular weight excluding hydrogens is 222 g/mol. The van der Waals surface area contributed by atoms with Crippen molar-refractivity contribution in [3.05, 3.63) is 28.3 Å². The maximum Gasteiger partial charge on any atom is 0.137 e. The Hall–Kier alpha value is -0.730. The summed E-state index contributed by atoms with van der Waals surface area (Å²) in [5, 5.41) is 0.676. The predicted molar refractivity (Wildman–Crippen MR) is 69.3 cm³/mol. The molecule has 0 aliphatic carbocycles. The highest BCUT2D eigenvalue weighted by Crippen LogP contribution is 2.29. The van der Waals surface area contributed by atoms with Crippen LogP contribution in [0.2, 0.25) is 5.02 Å². The Kier molecular flexibility index (Phi) is 5.10. The summed E-state index contributed by atoms with van der Waals surface area (Å²) in [6.45, 7) is 4.97. The largest absolute Gasteiger partial charge is 0.495 e. The molecule has 2 nitrogen and oxygen atoms in total. The van der Waals surface area contributed by atoms with Gasteiger partial charge in [-0.25, -0.2) is 0 Å². The summed E-state index contributed by atoms with van der Waals surface area (Å²) in [7, 11) is 1.63. The second-order valence-electron chi connectivity index (χ2n) is 4.13. The highest BCUT2D eigenvalue weighted by molar-refractivity contribution is 6.32. The Labute approximate surface area is 103 Å². The number of hydrogen-bond acceptors (Lipinski definition) is 2. The first-order valence-corrected chi connectivity index (χ1v) is 6.03. The van der Waals surface area contributed by atoms with E-state index in [2.05, 4.69) is 13.8 Å². The van der Waals surface area contributed by atoms with Crippen molar-refractivity contribution in [3.63, 3.8) is 0 Å². The van der Waals surface area contributed by atoms with Crippen LogP contribution in [0.3, 0.4) is 0 Å². The fourth-order valence-electron chi connectivity index (χ4n) is 1.78. The van der Waals surface area contributed by atoms with Gasteiger partial charge in [0.25, 0.3) is 0 Å². The molecule has 0 heterocycles. The lowest BCUT2D eigenvalue weighted by molar-refractivity contribution is 0.414. The summed E-state index contributed by atoms with van der Waals surface area (Å²) < 4.78 is 5.18. The molecular formula is C13H20ClNO. The monoisotopic (exact) mass is 241 g/mol. The van der Waals surface area contributed by atoms with Crippen molar-refractivity contribution < 1.29 is 4.74 Å². The van der Waals surface area contributed by atoms with E-state index < -0.39 is 0 Å². The number of ether oxygens (including phenoxy) is 1. The number of rotatable bonds is 5. The van der Waals surface area contributed by atoms with Crippen LogP contribution in [0, 0.1) is 12.8 Å². The Morgan fingerprint density at radius 3 is 2.62 bits per heavy atom. The SMILES string of the molecule is CCC(CN)Cc1cc(Cl)c(OC)cc1C. The Balaban J connectivity index is 2.92. The van der Waals surface area contributed by atoms with Crippen LogP contribution in [0.4, 0.5) is 0 Å². The van der Waals surface area contributed by atoms with Crippen LogP contribution < -0.4 is 10.5 Å². The van der Waals surface area contributed by atoms with E-state index >= 15 is 0 Å². The fraction of sp³-hybridized carbons (Fsp3) is 0.538. The first-order chi connectivity index (χ1) is 7.62. The summed E-state index contributed by atoms with van der Waals surface area (Å²) in [4.78, 5) is 0. The summed E-state index contributed by atoms with van der Waals surface area (Å²) in [5.41, 5.74) is 8.20. The van der Waals surface area contributed by atoms with Crippen LogP contribution in [-0.4, -0.2) is 13.7 Å². The molecule has 0 spiro atoms. The van der Waals surface area contributed by atoms with Gasteiger partial charge in [0.15, 0.2) is 0 Å². The van der Waals surface area contributed by atoms with E-state index in [9.17, 15) is 0 Å². The summed E-state index contributed by atoms with van der Waals surface area (Å²) in [5.74, 6) is 1.27. The van der Waals surface area contributed by atoms with E-state index in [-0.39, 0.29) is 0 Å². The van der Waals surface area contributed by atoms with E-state index in [1.54, 1.807) is 7.11 Å². The lowest BCUT2D eigenvalue weighted by Gasteiger charge is -2.15. The van der Waals surface area contributed by atoms with Crippen LogP contribution >= 0.6 is 11.6 Å². The van der Waals surface area contributed by atoms with Gasteiger partial charge >= 0.3 is 0 Å². The van der Waals surface area contributed by atoms with Gasteiger partial charge in [0.2, 0.25) is 0 Å². The van der Waals surface area contributed by atoms with Gasteiger partial charge in [-0.1, -0.05) is 24.9 Å². The van der Waals surface area contributed by atoms with E-state index in [1.165, 1.54) is 11.1 Å². The molecule has 90 valence electrons. The van der Waals surface area contributed by atoms with Crippen molar-refractivity contribution in [2.24, 2.45) is 11.7 Å². The molecule has 0 aliphatic heterocycles. The molecule has 16 heavy (non-hydrogen) atoms. The van der Waals surface area contributed by atoms with Gasteiger partial charge in [-0.15, -0.1) is 0 Å². The van der Waals surface area contributed by atoms with Gasteiger partial charge in [0, 0.05) is 0 Å². The topological polar surface area (TPSA) is 35.2 Å². The molecule has 1 aromatic rings. The first kappa shape index (κ1) is 13.3. The number of nitrogens with two attached hydrogens (primary N) is 1. The average Bonchev–Trinajstić information content (AvgIpc) is 2.29. The minimum atomic E-state index is 0.531. The van der Waals surface area contributed by atoms with Crippen molar-refractivity contribution in [3.8, 4) is 5.75 Å². The smallest absolute Gasteiger partial charge is 0.137 e. The zero-order valence-corrected chi connectivity index (χ0v) is 11.0. The fourth-order valence-corrected chi connectivity index (χ4v) is 2.04. The number of methoxy groups -OCH3 is 1. The van der Waals surface area contributed by atoms with E-state index in [4.69, 9.17) is 22.1 Å². The Morgan fingerprint density at radius 2 is 2.12 bits per heavy atom. The number of halogens is 1. The third-order valence-electron chi connectivity index (χ3n) is 3.03. The zero-order chi connectivity index (χ0) is 12.1. The van der Waals surface area contributed by atoms with Gasteiger partial charge in [-0.05, 0) is 49.1 Å². The molecule has 0 bridgehead atoms. The Morgan fingerprint density at radius 1 is 1.44 bits per heavy atom. The first-order valence-electron chi connectivity index (χ1n) is 5.65. The van der Waals surface area contributed by atoms with Crippen LogP contribution in [0.25, 0.3) is 0 Å². The second-order valence-corrected chi connectivity index (χ2v) is 4.53. The lowest BCUT2D eigenvalue weighted by atomic mass is 9.94. The van der Waals surface area contributed by atoms with Crippen molar-refractivity contribution in [1.82, 2.24) is 0 Å². The minimum absolute atomic E-state index is 0.531. The second kappa shape index (κ2) is 6.12. The van der Waals surface area contributed by atoms with Gasteiger partial charge in [-0.2, -0.15) is 0 Å². The van der Waals surface area contributed by atoms with Crippen molar-refractivity contribution >= 4 is 11.6 Å². The van der Waals surface area contributed by atoms with Gasteiger partial charge in [0.05, 0.1) is 12.1 Å². The third-order valence-corrected chi connectivity index (χ3v) is 3.33. The van der Waals surface area contributed by atoms with Crippen LogP contribution in [0.5, 0.6) is 5.75 Å². The van der Waals surface area contributed by atoms with Gasteiger partial charge in [-0.3, -0.25) is 0 Å². The molecule has 0 fully saturated rings. The van der Waals surface area contributed by atoms with E-state index in [0.717, 1.165) is 25.1 Å². The molecule has 0 saturated heterocycles. The zero-order valence-electron chi connectivity index (χ0n) is 10.2. The molecule has 0 radical (unpaired) electrons. The summed E-state index contributed by atoms with van der Waals surface area (Å²) in [6, 6.07) is 3.98. The lowest BCUT2D eigenvalue weighted by Crippen LogP contribution is -2.16. The van der Waals surface area contributed by atoms with Crippen LogP contribution in [0.1, 0.15) is 24.5 Å². The number of benzene rings is 1. The molecule has 0 saturated carbocycles. The number of hydrogen-bond donors (Lipinski definition) is 1. The van der Waals surface area contributed by atoms with Crippen molar-refractivity contribution in [1.29, 1.82) is 0 Å². The molecule has 2 N–H and O–H groups in total. The van der Waals surface area contributed by atoms with Crippen molar-refractivity contribution in [2.45, 2.75) is 26.7 Å². The van der Waals surface area contributed by atoms with E-state index in [1.807, 2.05) is 12.1 Å². The average molecular weight is 242 g/mol. The van der Waals surface area contributed by atoms with Crippen molar-refractivity contribution in [2.75, 3.05) is 13.7 Å². The standard InChI is InChI=1S/C13H20ClNO/c1-4-10(8-15)6-11-7-12(14)13(16-3)5-9(11)2/h5,7,10H,4,6,8,15H2,1-3H3. The molecule has 1 unspecified atom stereocenters. The molecule has 0 amide bonds. The quantitative estimate of drug-likeness (QED) is 0.860. The maximum atomic E-state index is 6.12. The summed E-state index contributed by atoms with van der Waals surface area (Å²) in [6.07, 6.45) is 2.09. The summed E-state index contributed by atoms with van der Waals surface area (Å²) >= 11 is 6.12. The maximum absolute atomic E-state index is 6.12. The molecule has 0 aromatic heterocycles. The van der Waals surface area contributed by atoms with E-state index in [0.29, 0.717) is 10.9 Å². The van der Waals surface area contributed by atoms with Crippen LogP contribution in [-0.2, 0) is 6.42 Å². The molecule has 0 aliphatic rings. The highest BCUT2D eigenvalue weighted by atomic mass is 35.5. The van der Waals surface area contributed by atoms with Crippen LogP contribution in [0.15, 0.2) is 12.1 Å². The number of aryl methyl sites for hydroxylation is 1. The molecule has 1 aromatic carbocycles.